The van der Waals surface area contributed by atoms with Crippen molar-refractivity contribution in [3.63, 3.8) is 0 Å². The molecular formula is C8H4BrClF2N2. The molecule has 0 aromatic carbocycles. The number of alkyl halides is 3. The molecule has 0 unspecified atom stereocenters. The van der Waals surface area contributed by atoms with Crippen LogP contribution in [-0.2, 0) is 5.33 Å². The summed E-state index contributed by atoms with van der Waals surface area (Å²) in [5, 5.41) is 8.70. The van der Waals surface area contributed by atoms with Crippen LogP contribution in [0.5, 0.6) is 0 Å². The molecule has 14 heavy (non-hydrogen) atoms. The topological polar surface area (TPSA) is 36.7 Å². The molecule has 0 aliphatic carbocycles. The van der Waals surface area contributed by atoms with Crippen LogP contribution in [0.3, 0.4) is 0 Å². The minimum atomic E-state index is -2.66. The molecule has 0 atom stereocenters. The van der Waals surface area contributed by atoms with Crippen LogP contribution in [0.1, 0.15) is 23.2 Å². The first-order valence-electron chi connectivity index (χ1n) is 3.53. The standard InChI is InChI=1S/C8H4BrClF2N2/c9-2-5-4(8(11)12)1-7(10)14-6(5)3-13/h1,8H,2H2. The average molecular weight is 281 g/mol. The fourth-order valence-electron chi connectivity index (χ4n) is 0.986. The zero-order valence-electron chi connectivity index (χ0n) is 6.77. The minimum absolute atomic E-state index is 0.0651. The van der Waals surface area contributed by atoms with Gasteiger partial charge in [-0.15, -0.1) is 0 Å². The van der Waals surface area contributed by atoms with Gasteiger partial charge >= 0.3 is 0 Å². The van der Waals surface area contributed by atoms with Crippen molar-refractivity contribution in [1.29, 1.82) is 5.26 Å². The second-order valence-corrected chi connectivity index (χ2v) is 3.36. The van der Waals surface area contributed by atoms with E-state index in [9.17, 15) is 8.78 Å². The summed E-state index contributed by atoms with van der Waals surface area (Å²) in [4.78, 5) is 3.65. The molecule has 0 radical (unpaired) electrons. The SMILES string of the molecule is N#Cc1nc(Cl)cc(C(F)F)c1CBr. The van der Waals surface area contributed by atoms with Gasteiger partial charge in [-0.25, -0.2) is 13.8 Å². The number of pyridine rings is 1. The first kappa shape index (κ1) is 11.3. The van der Waals surface area contributed by atoms with Crippen LogP contribution in [-0.4, -0.2) is 4.98 Å². The molecule has 0 amide bonds. The fraction of sp³-hybridized carbons (Fsp3) is 0.250. The summed E-state index contributed by atoms with van der Waals surface area (Å²) < 4.78 is 25.0. The van der Waals surface area contributed by atoms with Crippen LogP contribution in [0, 0.1) is 11.3 Å². The Morgan fingerprint density at radius 1 is 1.64 bits per heavy atom. The summed E-state index contributed by atoms with van der Waals surface area (Å²) in [6.45, 7) is 0. The van der Waals surface area contributed by atoms with Gasteiger partial charge in [0, 0.05) is 16.5 Å². The van der Waals surface area contributed by atoms with Crippen LogP contribution in [0.15, 0.2) is 6.07 Å². The molecular weight excluding hydrogens is 277 g/mol. The minimum Gasteiger partial charge on any atom is -0.225 e. The largest absolute Gasteiger partial charge is 0.264 e. The summed E-state index contributed by atoms with van der Waals surface area (Å²) in [5.41, 5.74) is -0.130. The molecule has 0 fully saturated rings. The molecule has 1 aromatic rings. The van der Waals surface area contributed by atoms with E-state index in [4.69, 9.17) is 16.9 Å². The van der Waals surface area contributed by atoms with Gasteiger partial charge < -0.3 is 0 Å². The normalized spacial score (nSPS) is 10.3. The van der Waals surface area contributed by atoms with Gasteiger partial charge in [-0.2, -0.15) is 5.26 Å². The highest BCUT2D eigenvalue weighted by Gasteiger charge is 2.17. The average Bonchev–Trinajstić information content (AvgIpc) is 2.16. The van der Waals surface area contributed by atoms with E-state index in [1.54, 1.807) is 6.07 Å². The molecule has 1 aromatic heterocycles. The van der Waals surface area contributed by atoms with E-state index in [0.717, 1.165) is 6.07 Å². The van der Waals surface area contributed by atoms with Crippen molar-refractivity contribution < 1.29 is 8.78 Å². The molecule has 1 rings (SSSR count). The van der Waals surface area contributed by atoms with Crippen molar-refractivity contribution in [3.8, 4) is 6.07 Å². The van der Waals surface area contributed by atoms with Crippen molar-refractivity contribution in [3.05, 3.63) is 28.0 Å². The smallest absolute Gasteiger partial charge is 0.225 e. The lowest BCUT2D eigenvalue weighted by atomic mass is 10.1. The van der Waals surface area contributed by atoms with Crippen molar-refractivity contribution in [2.45, 2.75) is 11.8 Å². The Morgan fingerprint density at radius 3 is 2.71 bits per heavy atom. The quantitative estimate of drug-likeness (QED) is 0.615. The molecule has 0 bridgehead atoms. The zero-order chi connectivity index (χ0) is 10.7. The van der Waals surface area contributed by atoms with Crippen molar-refractivity contribution >= 4 is 27.5 Å². The second kappa shape index (κ2) is 4.67. The maximum atomic E-state index is 12.5. The number of rotatable bonds is 2. The molecule has 74 valence electrons. The molecule has 6 heteroatoms. The number of hydrogen-bond donors (Lipinski definition) is 0. The van der Waals surface area contributed by atoms with E-state index in [-0.39, 0.29) is 27.3 Å². The van der Waals surface area contributed by atoms with Gasteiger partial charge in [-0.3, -0.25) is 0 Å². The molecule has 0 saturated carbocycles. The van der Waals surface area contributed by atoms with Crippen molar-refractivity contribution in [2.24, 2.45) is 0 Å². The Morgan fingerprint density at radius 2 is 2.29 bits per heavy atom. The summed E-state index contributed by atoms with van der Waals surface area (Å²) in [7, 11) is 0. The van der Waals surface area contributed by atoms with Gasteiger partial charge in [0.05, 0.1) is 0 Å². The summed E-state index contributed by atoms with van der Waals surface area (Å²) in [6, 6.07) is 2.80. The fourth-order valence-corrected chi connectivity index (χ4v) is 1.78. The number of aromatic nitrogens is 1. The van der Waals surface area contributed by atoms with Crippen LogP contribution in [0.2, 0.25) is 5.15 Å². The van der Waals surface area contributed by atoms with Gasteiger partial charge in [0.1, 0.15) is 16.9 Å². The highest BCUT2D eigenvalue weighted by molar-refractivity contribution is 9.08. The predicted octanol–water partition coefficient (Wildman–Crippen LogP) is 3.44. The molecule has 0 saturated heterocycles. The van der Waals surface area contributed by atoms with Gasteiger partial charge in [-0.1, -0.05) is 27.5 Å². The Balaban J connectivity index is 3.41. The summed E-state index contributed by atoms with van der Waals surface area (Å²) in [5.74, 6) is 0. The van der Waals surface area contributed by atoms with Gasteiger partial charge in [0.15, 0.2) is 0 Å². The highest BCUT2D eigenvalue weighted by Crippen LogP contribution is 2.28. The lowest BCUT2D eigenvalue weighted by Crippen LogP contribution is -1.99. The van der Waals surface area contributed by atoms with Crippen LogP contribution in [0.25, 0.3) is 0 Å². The third-order valence-electron chi connectivity index (χ3n) is 1.60. The van der Waals surface area contributed by atoms with Gasteiger partial charge in [-0.05, 0) is 6.07 Å². The predicted molar refractivity (Wildman–Crippen MR) is 51.6 cm³/mol. The lowest BCUT2D eigenvalue weighted by Gasteiger charge is -2.07. The number of halogens is 4. The lowest BCUT2D eigenvalue weighted by molar-refractivity contribution is 0.150. The highest BCUT2D eigenvalue weighted by atomic mass is 79.9. The van der Waals surface area contributed by atoms with E-state index in [2.05, 4.69) is 20.9 Å². The van der Waals surface area contributed by atoms with E-state index in [1.807, 2.05) is 0 Å². The van der Waals surface area contributed by atoms with Gasteiger partial charge in [0.25, 0.3) is 6.43 Å². The van der Waals surface area contributed by atoms with Crippen molar-refractivity contribution in [2.75, 3.05) is 0 Å². The Labute approximate surface area is 92.6 Å². The van der Waals surface area contributed by atoms with Crippen LogP contribution >= 0.6 is 27.5 Å². The molecule has 0 aliphatic heterocycles. The third-order valence-corrected chi connectivity index (χ3v) is 2.36. The summed E-state index contributed by atoms with van der Waals surface area (Å²) >= 11 is 8.52. The number of nitrogens with zero attached hydrogens (tertiary/aromatic N) is 2. The Bertz CT molecular complexity index is 390. The zero-order valence-corrected chi connectivity index (χ0v) is 9.11. The first-order chi connectivity index (χ1) is 6.60. The molecule has 0 N–H and O–H groups in total. The Hall–Kier alpha value is -0.730. The maximum Gasteiger partial charge on any atom is 0.264 e. The molecule has 0 spiro atoms. The van der Waals surface area contributed by atoms with Crippen LogP contribution < -0.4 is 0 Å². The third kappa shape index (κ3) is 2.20. The van der Waals surface area contributed by atoms with E-state index >= 15 is 0 Å². The first-order valence-corrected chi connectivity index (χ1v) is 5.03. The van der Waals surface area contributed by atoms with Gasteiger partial charge in [0.2, 0.25) is 0 Å². The van der Waals surface area contributed by atoms with E-state index in [1.165, 1.54) is 0 Å². The van der Waals surface area contributed by atoms with E-state index < -0.39 is 6.43 Å². The van der Waals surface area contributed by atoms with Crippen molar-refractivity contribution in [1.82, 2.24) is 4.98 Å². The second-order valence-electron chi connectivity index (χ2n) is 2.41. The van der Waals surface area contributed by atoms with Crippen LogP contribution in [0.4, 0.5) is 8.78 Å². The molecule has 1 heterocycles. The molecule has 0 aliphatic rings. The summed E-state index contributed by atoms with van der Waals surface area (Å²) in [6.07, 6.45) is -2.66. The van der Waals surface area contributed by atoms with E-state index in [0.29, 0.717) is 0 Å². The monoisotopic (exact) mass is 280 g/mol. The number of hydrogen-bond acceptors (Lipinski definition) is 2. The number of nitriles is 1. The molecule has 2 nitrogen and oxygen atoms in total. The maximum absolute atomic E-state index is 12.5. The Kier molecular flexibility index (Phi) is 3.78.